The largest absolute Gasteiger partial charge is 0.460 e. The Kier molecular flexibility index (Phi) is 4.81. The third-order valence-electron chi connectivity index (χ3n) is 3.86. The van der Waals surface area contributed by atoms with Crippen LogP contribution in [0, 0.1) is 11.8 Å². The van der Waals surface area contributed by atoms with Gasteiger partial charge in [-0.05, 0) is 45.1 Å². The molecule has 1 saturated carbocycles. The molecule has 3 nitrogen and oxygen atoms in total. The molecule has 3 heteroatoms. The van der Waals surface area contributed by atoms with Gasteiger partial charge in [-0.1, -0.05) is 30.3 Å². The highest BCUT2D eigenvalue weighted by atomic mass is 16.6. The summed E-state index contributed by atoms with van der Waals surface area (Å²) in [6, 6.07) is 10.1. The summed E-state index contributed by atoms with van der Waals surface area (Å²) in [6.45, 7) is 5.59. The number of hydrogen-bond acceptors (Lipinski definition) is 3. The Morgan fingerprint density at radius 3 is 2.52 bits per heavy atom. The van der Waals surface area contributed by atoms with Crippen molar-refractivity contribution in [1.29, 1.82) is 0 Å². The Morgan fingerprint density at radius 2 is 1.90 bits per heavy atom. The minimum Gasteiger partial charge on any atom is -0.460 e. The minimum atomic E-state index is -0.505. The van der Waals surface area contributed by atoms with E-state index in [2.05, 4.69) is 12.1 Å². The lowest BCUT2D eigenvalue weighted by molar-refractivity contribution is -0.164. The molecule has 0 N–H and O–H groups in total. The number of ether oxygens (including phenoxy) is 1. The van der Waals surface area contributed by atoms with Crippen LogP contribution >= 0.6 is 0 Å². The standard InChI is InChI=1S/C18H24O3/c1-18(2,3)21-17(20)16-12-15(19)10-9-14(16)11-13-7-5-4-6-8-13/h4-8,14,16H,9-12H2,1-3H3/t14-,16+/m0/s1. The molecule has 0 radical (unpaired) electrons. The molecular weight excluding hydrogens is 264 g/mol. The monoisotopic (exact) mass is 288 g/mol. The molecule has 1 aromatic rings. The smallest absolute Gasteiger partial charge is 0.310 e. The van der Waals surface area contributed by atoms with E-state index in [1.54, 1.807) is 0 Å². The van der Waals surface area contributed by atoms with Crippen LogP contribution in [0.2, 0.25) is 0 Å². The molecule has 0 amide bonds. The van der Waals surface area contributed by atoms with Gasteiger partial charge in [-0.25, -0.2) is 0 Å². The first-order valence-electron chi connectivity index (χ1n) is 7.63. The zero-order chi connectivity index (χ0) is 15.5. The molecule has 0 aliphatic heterocycles. The van der Waals surface area contributed by atoms with Gasteiger partial charge in [-0.3, -0.25) is 9.59 Å². The van der Waals surface area contributed by atoms with Crippen molar-refractivity contribution in [1.82, 2.24) is 0 Å². The Bertz CT molecular complexity index is 499. The van der Waals surface area contributed by atoms with Crippen LogP contribution in [0.3, 0.4) is 0 Å². The summed E-state index contributed by atoms with van der Waals surface area (Å²) in [6.07, 6.45) is 2.51. The van der Waals surface area contributed by atoms with Gasteiger partial charge >= 0.3 is 5.97 Å². The van der Waals surface area contributed by atoms with E-state index in [1.165, 1.54) is 5.56 Å². The van der Waals surface area contributed by atoms with Gasteiger partial charge in [-0.15, -0.1) is 0 Å². The number of ketones is 1. The highest BCUT2D eigenvalue weighted by Gasteiger charge is 2.37. The van der Waals surface area contributed by atoms with Crippen molar-refractivity contribution >= 4 is 11.8 Å². The first-order valence-corrected chi connectivity index (χ1v) is 7.63. The van der Waals surface area contributed by atoms with Gasteiger partial charge in [0.05, 0.1) is 5.92 Å². The van der Waals surface area contributed by atoms with E-state index in [0.717, 1.165) is 12.8 Å². The van der Waals surface area contributed by atoms with Crippen LogP contribution in [0.25, 0.3) is 0 Å². The molecule has 0 aromatic heterocycles. The Labute approximate surface area is 126 Å². The van der Waals surface area contributed by atoms with Gasteiger partial charge in [0.15, 0.2) is 0 Å². The highest BCUT2D eigenvalue weighted by molar-refractivity contribution is 5.86. The first kappa shape index (κ1) is 15.7. The molecule has 2 atom stereocenters. The molecule has 0 heterocycles. The fraction of sp³-hybridized carbons (Fsp3) is 0.556. The van der Waals surface area contributed by atoms with Crippen LogP contribution in [-0.4, -0.2) is 17.4 Å². The SMILES string of the molecule is CC(C)(C)OC(=O)[C@@H]1CC(=O)CC[C@H]1Cc1ccccc1. The molecule has 1 aliphatic carbocycles. The Hall–Kier alpha value is -1.64. The topological polar surface area (TPSA) is 43.4 Å². The van der Waals surface area contributed by atoms with Crippen LogP contribution < -0.4 is 0 Å². The Balaban J connectivity index is 2.10. The number of Topliss-reactive ketones (excluding diaryl/α,β-unsaturated/α-hetero) is 1. The van der Waals surface area contributed by atoms with Gasteiger partial charge in [0.1, 0.15) is 11.4 Å². The number of benzene rings is 1. The van der Waals surface area contributed by atoms with Crippen molar-refractivity contribution < 1.29 is 14.3 Å². The maximum absolute atomic E-state index is 12.4. The third kappa shape index (κ3) is 4.69. The zero-order valence-corrected chi connectivity index (χ0v) is 13.1. The van der Waals surface area contributed by atoms with Crippen LogP contribution in [0.1, 0.15) is 45.6 Å². The van der Waals surface area contributed by atoms with Crippen molar-refractivity contribution in [2.75, 3.05) is 0 Å². The summed E-state index contributed by atoms with van der Waals surface area (Å²) in [5.41, 5.74) is 0.708. The van der Waals surface area contributed by atoms with Crippen molar-refractivity contribution in [2.45, 2.75) is 52.1 Å². The van der Waals surface area contributed by atoms with E-state index < -0.39 is 5.60 Å². The molecule has 0 spiro atoms. The zero-order valence-electron chi connectivity index (χ0n) is 13.1. The fourth-order valence-electron chi connectivity index (χ4n) is 2.88. The summed E-state index contributed by atoms with van der Waals surface area (Å²) in [7, 11) is 0. The second-order valence-electron chi connectivity index (χ2n) is 6.87. The van der Waals surface area contributed by atoms with Gasteiger partial charge < -0.3 is 4.74 Å². The van der Waals surface area contributed by atoms with E-state index in [9.17, 15) is 9.59 Å². The van der Waals surface area contributed by atoms with Crippen molar-refractivity contribution in [3.05, 3.63) is 35.9 Å². The van der Waals surface area contributed by atoms with Crippen LogP contribution in [-0.2, 0) is 20.7 Å². The van der Waals surface area contributed by atoms with E-state index in [1.807, 2.05) is 39.0 Å². The predicted molar refractivity (Wildman–Crippen MR) is 81.8 cm³/mol. The summed E-state index contributed by atoms with van der Waals surface area (Å²) < 4.78 is 5.50. The van der Waals surface area contributed by atoms with E-state index >= 15 is 0 Å². The number of carbonyl (C=O) groups is 2. The normalized spacial score (nSPS) is 22.9. The van der Waals surface area contributed by atoms with E-state index in [0.29, 0.717) is 12.8 Å². The predicted octanol–water partition coefficient (Wildman–Crippen LogP) is 3.56. The lowest BCUT2D eigenvalue weighted by atomic mass is 9.75. The third-order valence-corrected chi connectivity index (χ3v) is 3.86. The molecule has 1 aliphatic rings. The van der Waals surface area contributed by atoms with Crippen LogP contribution in [0.5, 0.6) is 0 Å². The molecule has 0 saturated heterocycles. The average molecular weight is 288 g/mol. The molecule has 1 fully saturated rings. The maximum Gasteiger partial charge on any atom is 0.310 e. The maximum atomic E-state index is 12.4. The molecule has 21 heavy (non-hydrogen) atoms. The van der Waals surface area contributed by atoms with Gasteiger partial charge in [0, 0.05) is 12.8 Å². The van der Waals surface area contributed by atoms with Crippen LogP contribution in [0.15, 0.2) is 30.3 Å². The average Bonchev–Trinajstić information content (AvgIpc) is 2.40. The second-order valence-corrected chi connectivity index (χ2v) is 6.87. The van der Waals surface area contributed by atoms with E-state index in [4.69, 9.17) is 4.74 Å². The molecule has 114 valence electrons. The molecular formula is C18H24O3. The molecule has 0 bridgehead atoms. The van der Waals surface area contributed by atoms with E-state index in [-0.39, 0.29) is 23.6 Å². The Morgan fingerprint density at radius 1 is 1.24 bits per heavy atom. The minimum absolute atomic E-state index is 0.176. The van der Waals surface area contributed by atoms with Gasteiger partial charge in [0.25, 0.3) is 0 Å². The van der Waals surface area contributed by atoms with Gasteiger partial charge in [0.2, 0.25) is 0 Å². The summed E-state index contributed by atoms with van der Waals surface area (Å²) in [5, 5.41) is 0. The van der Waals surface area contributed by atoms with Crippen molar-refractivity contribution in [3.63, 3.8) is 0 Å². The summed E-state index contributed by atoms with van der Waals surface area (Å²) >= 11 is 0. The number of hydrogen-bond donors (Lipinski definition) is 0. The van der Waals surface area contributed by atoms with Crippen molar-refractivity contribution in [3.8, 4) is 0 Å². The summed E-state index contributed by atoms with van der Waals surface area (Å²) in [4.78, 5) is 24.1. The molecule has 2 rings (SSSR count). The number of carbonyl (C=O) groups excluding carboxylic acids is 2. The summed E-state index contributed by atoms with van der Waals surface area (Å²) in [5.74, 6) is -0.155. The van der Waals surface area contributed by atoms with Crippen molar-refractivity contribution in [2.24, 2.45) is 11.8 Å². The second kappa shape index (κ2) is 6.42. The lowest BCUT2D eigenvalue weighted by Gasteiger charge is -2.32. The highest BCUT2D eigenvalue weighted by Crippen LogP contribution is 2.32. The molecule has 0 unspecified atom stereocenters. The fourth-order valence-corrected chi connectivity index (χ4v) is 2.88. The number of esters is 1. The lowest BCUT2D eigenvalue weighted by Crippen LogP contribution is -2.37. The molecule has 1 aromatic carbocycles. The first-order chi connectivity index (χ1) is 9.85. The van der Waals surface area contributed by atoms with Gasteiger partial charge in [-0.2, -0.15) is 0 Å². The quantitative estimate of drug-likeness (QED) is 0.799. The number of rotatable bonds is 3. The van der Waals surface area contributed by atoms with Crippen LogP contribution in [0.4, 0.5) is 0 Å².